The summed E-state index contributed by atoms with van der Waals surface area (Å²) in [5, 5.41) is 0.706. The first-order chi connectivity index (χ1) is 9.12. The summed E-state index contributed by atoms with van der Waals surface area (Å²) >= 11 is 6.15. The Bertz CT molecular complexity index is 490. The zero-order valence-electron chi connectivity index (χ0n) is 13.6. The molecule has 0 atom stereocenters. The van der Waals surface area contributed by atoms with Crippen molar-refractivity contribution in [1.29, 1.82) is 0 Å². The van der Waals surface area contributed by atoms with Crippen molar-refractivity contribution in [2.24, 2.45) is 0 Å². The Labute approximate surface area is 139 Å². The van der Waals surface area contributed by atoms with Crippen LogP contribution in [0.15, 0.2) is 18.2 Å². The first-order valence-electron chi connectivity index (χ1n) is 6.91. The molecule has 0 bridgehead atoms. The van der Waals surface area contributed by atoms with E-state index >= 15 is 0 Å². The van der Waals surface area contributed by atoms with Gasteiger partial charge in [-0.25, -0.2) is 0 Å². The number of hydrogen-bond donors (Lipinski definition) is 0. The van der Waals surface area contributed by atoms with E-state index in [2.05, 4.69) is 32.6 Å². The Hall–Kier alpha value is -0.255. The van der Waals surface area contributed by atoms with E-state index < -0.39 is 0 Å². The van der Waals surface area contributed by atoms with Crippen LogP contribution >= 0.6 is 24.0 Å². The van der Waals surface area contributed by atoms with E-state index in [4.69, 9.17) is 20.9 Å². The molecule has 0 aromatic heterocycles. The molecule has 0 unspecified atom stereocenters. The van der Waals surface area contributed by atoms with Gasteiger partial charge >= 0.3 is 7.12 Å². The lowest BCUT2D eigenvalue weighted by Gasteiger charge is -2.32. The average Bonchev–Trinajstić information content (AvgIpc) is 2.50. The van der Waals surface area contributed by atoms with Crippen LogP contribution in [0.3, 0.4) is 0 Å². The fourth-order valence-corrected chi connectivity index (χ4v) is 2.42. The van der Waals surface area contributed by atoms with Crippen LogP contribution in [0.1, 0.15) is 33.3 Å². The molecule has 1 aromatic carbocycles. The minimum atomic E-state index is -0.367. The lowest BCUT2D eigenvalue weighted by atomic mass is 9.76. The van der Waals surface area contributed by atoms with Crippen molar-refractivity contribution in [3.8, 4) is 0 Å². The summed E-state index contributed by atoms with van der Waals surface area (Å²) < 4.78 is 12.3. The van der Waals surface area contributed by atoms with Crippen molar-refractivity contribution in [3.05, 3.63) is 28.8 Å². The van der Waals surface area contributed by atoms with Crippen molar-refractivity contribution in [3.63, 3.8) is 0 Å². The van der Waals surface area contributed by atoms with Gasteiger partial charge in [-0.15, -0.1) is 12.4 Å². The monoisotopic (exact) mass is 331 g/mol. The van der Waals surface area contributed by atoms with Crippen molar-refractivity contribution in [1.82, 2.24) is 4.90 Å². The molecule has 0 saturated carbocycles. The molecule has 1 heterocycles. The molecule has 118 valence electrons. The van der Waals surface area contributed by atoms with Crippen LogP contribution in [0.4, 0.5) is 0 Å². The van der Waals surface area contributed by atoms with Crippen molar-refractivity contribution in [2.75, 3.05) is 14.1 Å². The summed E-state index contributed by atoms with van der Waals surface area (Å²) in [5.74, 6) is 0. The second-order valence-electron chi connectivity index (χ2n) is 6.67. The quantitative estimate of drug-likeness (QED) is 0.794. The van der Waals surface area contributed by atoms with Gasteiger partial charge in [0.15, 0.2) is 0 Å². The predicted octanol–water partition coefficient (Wildman–Crippen LogP) is 3.12. The first kappa shape index (κ1) is 18.8. The van der Waals surface area contributed by atoms with Crippen LogP contribution in [-0.2, 0) is 15.9 Å². The Morgan fingerprint density at radius 3 is 2.10 bits per heavy atom. The van der Waals surface area contributed by atoms with Gasteiger partial charge in [0.1, 0.15) is 0 Å². The lowest BCUT2D eigenvalue weighted by molar-refractivity contribution is 0.00578. The smallest absolute Gasteiger partial charge is 0.399 e. The molecule has 0 spiro atoms. The molecule has 1 aromatic rings. The molecule has 0 N–H and O–H groups in total. The summed E-state index contributed by atoms with van der Waals surface area (Å²) in [7, 11) is 3.72. The van der Waals surface area contributed by atoms with Crippen molar-refractivity contribution < 1.29 is 9.31 Å². The molecule has 1 aliphatic rings. The van der Waals surface area contributed by atoms with E-state index in [1.54, 1.807) is 0 Å². The second kappa shape index (κ2) is 6.47. The SMILES string of the molecule is CN(C)Cc1ccc(Cl)cc1B1OC(C)(C)C(C)(C)O1.Cl. The highest BCUT2D eigenvalue weighted by molar-refractivity contribution is 6.63. The van der Waals surface area contributed by atoms with Crippen molar-refractivity contribution >= 4 is 36.6 Å². The summed E-state index contributed by atoms with van der Waals surface area (Å²) in [4.78, 5) is 2.12. The van der Waals surface area contributed by atoms with Crippen LogP contribution in [0.5, 0.6) is 0 Å². The summed E-state index contributed by atoms with van der Waals surface area (Å²) in [6, 6.07) is 5.90. The van der Waals surface area contributed by atoms with E-state index in [1.165, 1.54) is 5.56 Å². The molecule has 3 nitrogen and oxygen atoms in total. The number of rotatable bonds is 3. The van der Waals surface area contributed by atoms with E-state index in [1.807, 2.05) is 32.3 Å². The van der Waals surface area contributed by atoms with Gasteiger partial charge in [0, 0.05) is 11.6 Å². The molecule has 1 saturated heterocycles. The number of hydrogen-bond acceptors (Lipinski definition) is 3. The molecule has 21 heavy (non-hydrogen) atoms. The lowest BCUT2D eigenvalue weighted by Crippen LogP contribution is -2.41. The maximum absolute atomic E-state index is 6.15. The molecule has 6 heteroatoms. The third kappa shape index (κ3) is 3.94. The topological polar surface area (TPSA) is 21.7 Å². The highest BCUT2D eigenvalue weighted by atomic mass is 35.5. The molecule has 2 rings (SSSR count). The van der Waals surface area contributed by atoms with Gasteiger partial charge in [-0.05, 0) is 64.9 Å². The van der Waals surface area contributed by atoms with Gasteiger partial charge in [0.05, 0.1) is 11.2 Å². The zero-order chi connectivity index (χ0) is 15.1. The van der Waals surface area contributed by atoms with E-state index in [0.29, 0.717) is 5.02 Å². The van der Waals surface area contributed by atoms with E-state index in [0.717, 1.165) is 12.0 Å². The molecular formula is C15H24BCl2NO2. The minimum absolute atomic E-state index is 0. The summed E-state index contributed by atoms with van der Waals surface area (Å²) in [6.45, 7) is 9.06. The summed E-state index contributed by atoms with van der Waals surface area (Å²) in [6.07, 6.45) is 0. The van der Waals surface area contributed by atoms with Gasteiger partial charge in [-0.3, -0.25) is 0 Å². The first-order valence-corrected chi connectivity index (χ1v) is 7.29. The molecule has 1 fully saturated rings. The van der Waals surface area contributed by atoms with E-state index in [-0.39, 0.29) is 30.7 Å². The standard InChI is InChI=1S/C15H23BClNO2.ClH/c1-14(2)15(3,4)20-16(19-14)13-9-12(17)8-7-11(13)10-18(5)6;/h7-9H,10H2,1-6H3;1H. The largest absolute Gasteiger partial charge is 0.495 e. The van der Waals surface area contributed by atoms with Gasteiger partial charge in [0.2, 0.25) is 0 Å². The van der Waals surface area contributed by atoms with Crippen LogP contribution in [0.2, 0.25) is 5.02 Å². The summed E-state index contributed by atoms with van der Waals surface area (Å²) in [5.41, 5.74) is 1.52. The molecule has 0 aliphatic carbocycles. The number of benzene rings is 1. The van der Waals surface area contributed by atoms with Crippen LogP contribution < -0.4 is 5.46 Å². The Morgan fingerprint density at radius 2 is 1.62 bits per heavy atom. The molecule has 0 amide bonds. The van der Waals surface area contributed by atoms with Crippen LogP contribution in [-0.4, -0.2) is 37.3 Å². The maximum Gasteiger partial charge on any atom is 0.495 e. The van der Waals surface area contributed by atoms with Gasteiger partial charge in [0.25, 0.3) is 0 Å². The second-order valence-corrected chi connectivity index (χ2v) is 7.11. The third-order valence-electron chi connectivity index (χ3n) is 4.10. The Morgan fingerprint density at radius 1 is 1.10 bits per heavy atom. The van der Waals surface area contributed by atoms with Crippen molar-refractivity contribution in [2.45, 2.75) is 45.4 Å². The minimum Gasteiger partial charge on any atom is -0.399 e. The highest BCUT2D eigenvalue weighted by Gasteiger charge is 2.52. The maximum atomic E-state index is 6.15. The van der Waals surface area contributed by atoms with Gasteiger partial charge in [-0.2, -0.15) is 0 Å². The Balaban J connectivity index is 0.00000220. The number of nitrogens with zero attached hydrogens (tertiary/aromatic N) is 1. The molecule has 0 radical (unpaired) electrons. The Kier molecular flexibility index (Phi) is 5.79. The fraction of sp³-hybridized carbons (Fsp3) is 0.600. The number of halogens is 2. The third-order valence-corrected chi connectivity index (χ3v) is 4.34. The average molecular weight is 332 g/mol. The fourth-order valence-electron chi connectivity index (χ4n) is 2.24. The molecule has 1 aliphatic heterocycles. The highest BCUT2D eigenvalue weighted by Crippen LogP contribution is 2.36. The molecular weight excluding hydrogens is 308 g/mol. The normalized spacial score (nSPS) is 19.7. The van der Waals surface area contributed by atoms with Crippen LogP contribution in [0, 0.1) is 0 Å². The van der Waals surface area contributed by atoms with E-state index in [9.17, 15) is 0 Å². The van der Waals surface area contributed by atoms with Crippen LogP contribution in [0.25, 0.3) is 0 Å². The predicted molar refractivity (Wildman–Crippen MR) is 91.8 cm³/mol. The van der Waals surface area contributed by atoms with Gasteiger partial charge in [-0.1, -0.05) is 17.7 Å². The van der Waals surface area contributed by atoms with Gasteiger partial charge < -0.3 is 14.2 Å². The zero-order valence-corrected chi connectivity index (χ0v) is 15.1.